The molecule has 4 heteroatoms. The Bertz CT molecular complexity index is 572. The largest absolute Gasteiger partial charge is 0.481 e. The Morgan fingerprint density at radius 1 is 1.37 bits per heavy atom. The highest BCUT2D eigenvalue weighted by molar-refractivity contribution is 5.87. The van der Waals surface area contributed by atoms with Crippen LogP contribution in [0.3, 0.4) is 0 Å². The van der Waals surface area contributed by atoms with Crippen molar-refractivity contribution < 1.29 is 14.6 Å². The van der Waals surface area contributed by atoms with Crippen LogP contribution in [0, 0.1) is 0 Å². The number of para-hydroxylation sites is 1. The van der Waals surface area contributed by atoms with Crippen molar-refractivity contribution in [3.63, 3.8) is 0 Å². The summed E-state index contributed by atoms with van der Waals surface area (Å²) in [6.45, 7) is 5.37. The molecular formula is C15H19NO3. The van der Waals surface area contributed by atoms with Crippen molar-refractivity contribution in [3.8, 4) is 0 Å². The zero-order valence-corrected chi connectivity index (χ0v) is 11.3. The standard InChI is InChI=1S/C15H19NO3/c1-11(2)19-8-7-16-10-12(9-15(17)18)13-5-3-4-6-14(13)16/h3-6,10-11H,7-9H2,1-2H3,(H,17,18). The van der Waals surface area contributed by atoms with E-state index in [0.29, 0.717) is 6.61 Å². The van der Waals surface area contributed by atoms with Gasteiger partial charge in [-0.15, -0.1) is 0 Å². The summed E-state index contributed by atoms with van der Waals surface area (Å²) in [4.78, 5) is 10.9. The quantitative estimate of drug-likeness (QED) is 0.869. The van der Waals surface area contributed by atoms with Gasteiger partial charge in [-0.25, -0.2) is 0 Å². The average molecular weight is 261 g/mol. The van der Waals surface area contributed by atoms with Gasteiger partial charge < -0.3 is 14.4 Å². The fourth-order valence-electron chi connectivity index (χ4n) is 2.20. The van der Waals surface area contributed by atoms with E-state index in [1.807, 2.05) is 44.3 Å². The number of nitrogens with zero attached hydrogens (tertiary/aromatic N) is 1. The summed E-state index contributed by atoms with van der Waals surface area (Å²) in [5, 5.41) is 9.96. The Kier molecular flexibility index (Phi) is 4.22. The highest BCUT2D eigenvalue weighted by Crippen LogP contribution is 2.21. The van der Waals surface area contributed by atoms with Gasteiger partial charge in [-0.2, -0.15) is 0 Å². The molecule has 1 aromatic heterocycles. The second kappa shape index (κ2) is 5.89. The van der Waals surface area contributed by atoms with E-state index in [1.54, 1.807) is 0 Å². The fourth-order valence-corrected chi connectivity index (χ4v) is 2.20. The molecule has 0 unspecified atom stereocenters. The maximum atomic E-state index is 10.9. The van der Waals surface area contributed by atoms with Crippen LogP contribution in [0.2, 0.25) is 0 Å². The van der Waals surface area contributed by atoms with Crippen LogP contribution >= 0.6 is 0 Å². The van der Waals surface area contributed by atoms with Crippen LogP contribution in [0.5, 0.6) is 0 Å². The fraction of sp³-hybridized carbons (Fsp3) is 0.400. The summed E-state index contributed by atoms with van der Waals surface area (Å²) >= 11 is 0. The van der Waals surface area contributed by atoms with Crippen LogP contribution in [0.1, 0.15) is 19.4 Å². The molecule has 4 nitrogen and oxygen atoms in total. The molecule has 1 heterocycles. The maximum absolute atomic E-state index is 10.9. The molecule has 0 fully saturated rings. The molecular weight excluding hydrogens is 242 g/mol. The number of rotatable bonds is 6. The third kappa shape index (κ3) is 3.35. The van der Waals surface area contributed by atoms with Crippen LogP contribution in [0.25, 0.3) is 10.9 Å². The highest BCUT2D eigenvalue weighted by atomic mass is 16.5. The molecule has 0 aliphatic rings. The van der Waals surface area contributed by atoms with Gasteiger partial charge in [0.05, 0.1) is 19.1 Å². The van der Waals surface area contributed by atoms with Gasteiger partial charge in [-0.1, -0.05) is 18.2 Å². The lowest BCUT2D eigenvalue weighted by atomic mass is 10.1. The van der Waals surface area contributed by atoms with Crippen molar-refractivity contribution in [1.29, 1.82) is 0 Å². The van der Waals surface area contributed by atoms with Gasteiger partial charge in [0, 0.05) is 23.6 Å². The number of aliphatic carboxylic acids is 1. The summed E-state index contributed by atoms with van der Waals surface area (Å²) < 4.78 is 7.61. The number of carbonyl (C=O) groups is 1. The predicted octanol–water partition coefficient (Wildman–Crippen LogP) is 2.69. The first-order valence-corrected chi connectivity index (χ1v) is 6.48. The zero-order valence-electron chi connectivity index (χ0n) is 11.3. The Balaban J connectivity index is 2.25. The zero-order chi connectivity index (χ0) is 13.8. The number of benzene rings is 1. The van der Waals surface area contributed by atoms with Crippen molar-refractivity contribution in [2.75, 3.05) is 6.61 Å². The lowest BCUT2D eigenvalue weighted by Gasteiger charge is -2.09. The van der Waals surface area contributed by atoms with Crippen molar-refractivity contribution in [1.82, 2.24) is 4.57 Å². The molecule has 2 aromatic rings. The summed E-state index contributed by atoms with van der Waals surface area (Å²) in [6, 6.07) is 7.87. The molecule has 0 saturated heterocycles. The highest BCUT2D eigenvalue weighted by Gasteiger charge is 2.10. The van der Waals surface area contributed by atoms with Crippen molar-refractivity contribution in [3.05, 3.63) is 36.0 Å². The molecule has 0 radical (unpaired) electrons. The van der Waals surface area contributed by atoms with E-state index in [0.717, 1.165) is 23.0 Å². The minimum atomic E-state index is -0.804. The lowest BCUT2D eigenvalue weighted by molar-refractivity contribution is -0.136. The number of ether oxygens (including phenoxy) is 1. The number of hydrogen-bond acceptors (Lipinski definition) is 2. The average Bonchev–Trinajstić information content (AvgIpc) is 2.67. The van der Waals surface area contributed by atoms with Crippen molar-refractivity contribution >= 4 is 16.9 Å². The number of carboxylic acids is 1. The lowest BCUT2D eigenvalue weighted by Crippen LogP contribution is -2.09. The Morgan fingerprint density at radius 2 is 2.11 bits per heavy atom. The van der Waals surface area contributed by atoms with Crippen molar-refractivity contribution in [2.24, 2.45) is 0 Å². The molecule has 0 atom stereocenters. The second-order valence-corrected chi connectivity index (χ2v) is 4.85. The monoisotopic (exact) mass is 261 g/mol. The van der Waals surface area contributed by atoms with Gasteiger partial charge >= 0.3 is 5.97 Å². The van der Waals surface area contributed by atoms with Gasteiger partial charge in [-0.05, 0) is 25.5 Å². The summed E-state index contributed by atoms with van der Waals surface area (Å²) in [7, 11) is 0. The van der Waals surface area contributed by atoms with E-state index in [2.05, 4.69) is 4.57 Å². The summed E-state index contributed by atoms with van der Waals surface area (Å²) in [6.07, 6.45) is 2.18. The number of hydrogen-bond donors (Lipinski definition) is 1. The van der Waals surface area contributed by atoms with E-state index < -0.39 is 5.97 Å². The molecule has 19 heavy (non-hydrogen) atoms. The van der Waals surface area contributed by atoms with E-state index in [1.165, 1.54) is 0 Å². The number of aromatic nitrogens is 1. The summed E-state index contributed by atoms with van der Waals surface area (Å²) in [5.74, 6) is -0.804. The molecule has 2 rings (SSSR count). The Hall–Kier alpha value is -1.81. The smallest absolute Gasteiger partial charge is 0.307 e. The predicted molar refractivity (Wildman–Crippen MR) is 74.4 cm³/mol. The minimum absolute atomic E-state index is 0.0541. The molecule has 0 aliphatic carbocycles. The topological polar surface area (TPSA) is 51.5 Å². The van der Waals surface area contributed by atoms with E-state index in [-0.39, 0.29) is 12.5 Å². The third-order valence-corrected chi connectivity index (χ3v) is 3.00. The molecule has 0 aliphatic heterocycles. The molecule has 0 amide bonds. The van der Waals surface area contributed by atoms with Crippen LogP contribution in [-0.4, -0.2) is 28.4 Å². The van der Waals surface area contributed by atoms with Gasteiger partial charge in [0.25, 0.3) is 0 Å². The van der Waals surface area contributed by atoms with Crippen molar-refractivity contribution in [2.45, 2.75) is 32.9 Å². The van der Waals surface area contributed by atoms with E-state index in [9.17, 15) is 4.79 Å². The first-order chi connectivity index (χ1) is 9.08. The maximum Gasteiger partial charge on any atom is 0.307 e. The first-order valence-electron chi connectivity index (χ1n) is 6.48. The van der Waals surface area contributed by atoms with E-state index >= 15 is 0 Å². The van der Waals surface area contributed by atoms with Crippen LogP contribution in [-0.2, 0) is 22.5 Å². The molecule has 0 bridgehead atoms. The number of carboxylic acid groups (broad SMARTS) is 1. The summed E-state index contributed by atoms with van der Waals surface area (Å²) in [5.41, 5.74) is 1.92. The molecule has 102 valence electrons. The third-order valence-electron chi connectivity index (χ3n) is 3.00. The van der Waals surface area contributed by atoms with Gasteiger partial charge in [0.15, 0.2) is 0 Å². The van der Waals surface area contributed by atoms with Gasteiger partial charge in [0.1, 0.15) is 0 Å². The first kappa shape index (κ1) is 13.6. The molecule has 1 N–H and O–H groups in total. The van der Waals surface area contributed by atoms with Crippen LogP contribution in [0.4, 0.5) is 0 Å². The minimum Gasteiger partial charge on any atom is -0.481 e. The number of fused-ring (bicyclic) bond motifs is 1. The van der Waals surface area contributed by atoms with Crippen LogP contribution < -0.4 is 0 Å². The Labute approximate surface area is 112 Å². The molecule has 0 saturated carbocycles. The molecule has 0 spiro atoms. The van der Waals surface area contributed by atoms with E-state index in [4.69, 9.17) is 9.84 Å². The van der Waals surface area contributed by atoms with Gasteiger partial charge in [-0.3, -0.25) is 4.79 Å². The second-order valence-electron chi connectivity index (χ2n) is 4.85. The van der Waals surface area contributed by atoms with Crippen LogP contribution in [0.15, 0.2) is 30.5 Å². The molecule has 1 aromatic carbocycles. The normalized spacial score (nSPS) is 11.3. The SMILES string of the molecule is CC(C)OCCn1cc(CC(=O)O)c2ccccc21. The van der Waals surface area contributed by atoms with Gasteiger partial charge in [0.2, 0.25) is 0 Å². The Morgan fingerprint density at radius 3 is 2.79 bits per heavy atom.